The van der Waals surface area contributed by atoms with Gasteiger partial charge in [0.25, 0.3) is 0 Å². The van der Waals surface area contributed by atoms with Gasteiger partial charge in [-0.2, -0.15) is 0 Å². The van der Waals surface area contributed by atoms with E-state index in [2.05, 4.69) is 80.8 Å². The smallest absolute Gasteiger partial charge is 0.335 e. The molecule has 0 heterocycles. The Labute approximate surface area is 257 Å². The van der Waals surface area contributed by atoms with E-state index < -0.39 is 5.97 Å². The predicted molar refractivity (Wildman–Crippen MR) is 175 cm³/mol. The van der Waals surface area contributed by atoms with Crippen molar-refractivity contribution in [3.05, 3.63) is 107 Å². The van der Waals surface area contributed by atoms with Crippen LogP contribution in [0.25, 0.3) is 11.6 Å². The molecule has 6 nitrogen and oxygen atoms in total. The molecule has 0 fully saturated rings. The number of hydrogen-bond acceptors (Lipinski definition) is 6. The van der Waals surface area contributed by atoms with Crippen molar-refractivity contribution in [3.63, 3.8) is 0 Å². The van der Waals surface area contributed by atoms with Crippen LogP contribution in [0.3, 0.4) is 0 Å². The van der Waals surface area contributed by atoms with Gasteiger partial charge in [0.2, 0.25) is 0 Å². The number of aliphatic hydroxyl groups is 2. The van der Waals surface area contributed by atoms with Gasteiger partial charge in [-0.05, 0) is 90.3 Å². The third-order valence-corrected chi connectivity index (χ3v) is 7.37. The summed E-state index contributed by atoms with van der Waals surface area (Å²) in [7, 11) is 1.74. The number of aliphatic hydroxyl groups excluding tert-OH is 2. The number of aryl methyl sites for hydroxylation is 1. The highest BCUT2D eigenvalue weighted by Gasteiger charge is 2.15. The summed E-state index contributed by atoms with van der Waals surface area (Å²) in [6, 6.07) is 15.9. The summed E-state index contributed by atoms with van der Waals surface area (Å²) in [5.74, 6) is -0.153. The van der Waals surface area contributed by atoms with E-state index in [1.165, 1.54) is 46.2 Å². The minimum Gasteiger partial charge on any atom is -0.462 e. The van der Waals surface area contributed by atoms with E-state index in [1.54, 1.807) is 7.11 Å². The quantitative estimate of drug-likeness (QED) is 0.0914. The molecule has 43 heavy (non-hydrogen) atoms. The molecule has 1 atom stereocenters. The molecule has 2 aromatic carbocycles. The minimum absolute atomic E-state index is 0.0929. The van der Waals surface area contributed by atoms with Crippen LogP contribution in [0.5, 0.6) is 0 Å². The number of unbranched alkanes of at least 4 members (excludes halogenated alkanes) is 1. The van der Waals surface area contributed by atoms with E-state index >= 15 is 0 Å². The zero-order valence-corrected chi connectivity index (χ0v) is 25.9. The number of aldehydes is 1. The van der Waals surface area contributed by atoms with Gasteiger partial charge < -0.3 is 19.7 Å². The lowest BCUT2D eigenvalue weighted by atomic mass is 9.87. The van der Waals surface area contributed by atoms with Crippen molar-refractivity contribution in [3.8, 4) is 0 Å². The summed E-state index contributed by atoms with van der Waals surface area (Å²) in [5.41, 5.74) is 8.15. The summed E-state index contributed by atoms with van der Waals surface area (Å²) < 4.78 is 10.5. The second kappa shape index (κ2) is 20.3. The lowest BCUT2D eigenvalue weighted by Crippen LogP contribution is -2.11. The fourth-order valence-electron chi connectivity index (χ4n) is 4.80. The maximum atomic E-state index is 11.8. The highest BCUT2D eigenvalue weighted by molar-refractivity contribution is 5.89. The Hall–Kier alpha value is -3.58. The number of allylic oxidation sites excluding steroid dienone is 3. The normalized spacial score (nSPS) is 12.6. The third kappa shape index (κ3) is 12.7. The Morgan fingerprint density at radius 2 is 1.72 bits per heavy atom. The van der Waals surface area contributed by atoms with E-state index in [1.807, 2.05) is 0 Å². The van der Waals surface area contributed by atoms with Gasteiger partial charge in [-0.3, -0.25) is 4.79 Å². The van der Waals surface area contributed by atoms with E-state index in [9.17, 15) is 9.59 Å². The highest BCUT2D eigenvalue weighted by Crippen LogP contribution is 2.32. The van der Waals surface area contributed by atoms with Crippen molar-refractivity contribution >= 4 is 23.9 Å². The molecule has 3 rings (SSSR count). The lowest BCUT2D eigenvalue weighted by Gasteiger charge is -2.19. The standard InChI is InChI=1S/C33H42O4.C4H6O2/c1-4-5-9-26-14-16-28(17-15-26)29-10-6-11-30-23-31(18-19-32(30)22-29)27(12-7-20-36-3)13-8-21-37-33(35)25(2)24-34;1-4(2-5)3-6/h6,10,14-19,22-23,27,34H,2,4-5,7-9,11-13,20-21,24H2,1,3H3;2,6H,1,3H2. The number of rotatable bonds is 17. The van der Waals surface area contributed by atoms with Gasteiger partial charge in [0.15, 0.2) is 0 Å². The summed E-state index contributed by atoms with van der Waals surface area (Å²) in [4.78, 5) is 21.2. The van der Waals surface area contributed by atoms with Crippen molar-refractivity contribution in [1.82, 2.24) is 0 Å². The number of methoxy groups -OCH3 is 1. The number of fused-ring (bicyclic) bond motifs is 1. The summed E-state index contributed by atoms with van der Waals surface area (Å²) >= 11 is 0. The van der Waals surface area contributed by atoms with E-state index in [0.717, 1.165) is 45.1 Å². The first-order valence-electron chi connectivity index (χ1n) is 15.2. The SMILES string of the molecule is C=C(C=O)CO.C=C(CO)C(=O)OCCCC(CCCOC)c1ccc2c(c1)CC=CC(c1ccc(CCCC)cc1)=C2. The molecule has 2 N–H and O–H groups in total. The van der Waals surface area contributed by atoms with Crippen LogP contribution in [0.4, 0.5) is 0 Å². The molecule has 0 spiro atoms. The highest BCUT2D eigenvalue weighted by atomic mass is 16.5. The molecule has 1 aliphatic carbocycles. The largest absolute Gasteiger partial charge is 0.462 e. The zero-order valence-electron chi connectivity index (χ0n) is 25.9. The van der Waals surface area contributed by atoms with E-state index in [4.69, 9.17) is 19.7 Å². The molecule has 0 aromatic heterocycles. The average Bonchev–Trinajstić information content (AvgIpc) is 3.26. The third-order valence-electron chi connectivity index (χ3n) is 7.37. The topological polar surface area (TPSA) is 93.1 Å². The second-order valence-electron chi connectivity index (χ2n) is 10.8. The molecule has 1 unspecified atom stereocenters. The van der Waals surface area contributed by atoms with Gasteiger partial charge in [-0.15, -0.1) is 0 Å². The molecule has 0 saturated carbocycles. The summed E-state index contributed by atoms with van der Waals surface area (Å²) in [5, 5.41) is 17.0. The van der Waals surface area contributed by atoms with Gasteiger partial charge in [-0.25, -0.2) is 4.79 Å². The number of carbonyl (C=O) groups excluding carboxylic acids is 2. The van der Waals surface area contributed by atoms with Crippen molar-refractivity contribution in [2.45, 2.75) is 64.2 Å². The van der Waals surface area contributed by atoms with Gasteiger partial charge in [0, 0.05) is 19.3 Å². The lowest BCUT2D eigenvalue weighted by molar-refractivity contribution is -0.139. The van der Waals surface area contributed by atoms with Crippen molar-refractivity contribution in [2.24, 2.45) is 0 Å². The Balaban J connectivity index is 0.000000973. The second-order valence-corrected chi connectivity index (χ2v) is 10.8. The zero-order chi connectivity index (χ0) is 31.5. The minimum atomic E-state index is -0.520. The van der Waals surface area contributed by atoms with Crippen LogP contribution in [0.15, 0.2) is 78.9 Å². The maximum Gasteiger partial charge on any atom is 0.335 e. The van der Waals surface area contributed by atoms with Gasteiger partial charge >= 0.3 is 5.97 Å². The molecular formula is C37H48O6. The van der Waals surface area contributed by atoms with Crippen LogP contribution in [0, 0.1) is 0 Å². The van der Waals surface area contributed by atoms with Crippen LogP contribution < -0.4 is 0 Å². The van der Waals surface area contributed by atoms with Crippen LogP contribution in [-0.2, 0) is 31.9 Å². The Morgan fingerprint density at radius 3 is 2.33 bits per heavy atom. The van der Waals surface area contributed by atoms with E-state index in [0.29, 0.717) is 18.8 Å². The molecule has 0 amide bonds. The number of benzene rings is 2. The van der Waals surface area contributed by atoms with Crippen molar-refractivity contribution < 1.29 is 29.3 Å². The van der Waals surface area contributed by atoms with Crippen LogP contribution >= 0.6 is 0 Å². The monoisotopic (exact) mass is 588 g/mol. The van der Waals surface area contributed by atoms with Crippen LogP contribution in [0.2, 0.25) is 0 Å². The fourth-order valence-corrected chi connectivity index (χ4v) is 4.80. The van der Waals surface area contributed by atoms with Gasteiger partial charge in [0.05, 0.1) is 25.4 Å². The molecule has 0 saturated heterocycles. The number of hydrogen-bond donors (Lipinski definition) is 2. The molecule has 2 aromatic rings. The molecule has 232 valence electrons. The first-order chi connectivity index (χ1) is 20.9. The predicted octanol–water partition coefficient (Wildman–Crippen LogP) is 6.80. The number of ether oxygens (including phenoxy) is 2. The summed E-state index contributed by atoms with van der Waals surface area (Å²) in [6.07, 6.45) is 15.5. The molecular weight excluding hydrogens is 540 g/mol. The van der Waals surface area contributed by atoms with Crippen molar-refractivity contribution in [1.29, 1.82) is 0 Å². The number of esters is 1. The maximum absolute atomic E-state index is 11.8. The average molecular weight is 589 g/mol. The molecule has 0 bridgehead atoms. The van der Waals surface area contributed by atoms with Crippen LogP contribution in [0.1, 0.15) is 79.2 Å². The Morgan fingerprint density at radius 1 is 1.00 bits per heavy atom. The Kier molecular flexibility index (Phi) is 16.9. The van der Waals surface area contributed by atoms with Crippen LogP contribution in [-0.4, -0.2) is 56.0 Å². The summed E-state index contributed by atoms with van der Waals surface area (Å²) in [6.45, 7) is 9.39. The molecule has 6 heteroatoms. The molecule has 0 aliphatic heterocycles. The first-order valence-corrected chi connectivity index (χ1v) is 15.2. The Bertz CT molecular complexity index is 1240. The van der Waals surface area contributed by atoms with Crippen molar-refractivity contribution in [2.75, 3.05) is 33.5 Å². The van der Waals surface area contributed by atoms with E-state index in [-0.39, 0.29) is 24.4 Å². The van der Waals surface area contributed by atoms with Gasteiger partial charge in [-0.1, -0.05) is 81.1 Å². The van der Waals surface area contributed by atoms with Gasteiger partial charge in [0.1, 0.15) is 6.29 Å². The molecule has 0 radical (unpaired) electrons. The molecule has 1 aliphatic rings. The number of carbonyl (C=O) groups is 2. The fraction of sp³-hybridized carbons (Fsp3) is 0.405. The first kappa shape index (κ1) is 35.6.